The number of thiazole rings is 1. The Hall–Kier alpha value is -2.54. The third-order valence-electron chi connectivity index (χ3n) is 8.18. The number of likely N-dealkylation sites (tertiary alicyclic amines) is 1. The van der Waals surface area contributed by atoms with E-state index in [1.165, 1.54) is 4.90 Å². The van der Waals surface area contributed by atoms with Crippen molar-refractivity contribution in [2.45, 2.75) is 101 Å². The summed E-state index contributed by atoms with van der Waals surface area (Å²) >= 11 is 3.11. The molecular weight excluding hydrogens is 590 g/mol. The van der Waals surface area contributed by atoms with Gasteiger partial charge in [0.15, 0.2) is 5.67 Å². The number of hydrogen-bond donors (Lipinski definition) is 4. The van der Waals surface area contributed by atoms with Gasteiger partial charge in [-0.2, -0.15) is 11.8 Å². The van der Waals surface area contributed by atoms with Crippen molar-refractivity contribution in [3.8, 4) is 10.4 Å². The van der Waals surface area contributed by atoms with E-state index in [1.807, 2.05) is 50.5 Å². The summed E-state index contributed by atoms with van der Waals surface area (Å²) in [7, 11) is 0. The zero-order valence-electron chi connectivity index (χ0n) is 25.2. The second-order valence-corrected chi connectivity index (χ2v) is 14.7. The number of amides is 3. The average Bonchev–Trinajstić information content (AvgIpc) is 3.39. The number of halogens is 1. The molecule has 1 aliphatic heterocycles. The van der Waals surface area contributed by atoms with Crippen LogP contribution in [0.25, 0.3) is 10.4 Å². The van der Waals surface area contributed by atoms with Gasteiger partial charge >= 0.3 is 0 Å². The number of carbonyl (C=O) groups is 3. The molecule has 2 heterocycles. The molecule has 0 spiro atoms. The Bertz CT molecular complexity index is 1270. The van der Waals surface area contributed by atoms with Gasteiger partial charge in [0.25, 0.3) is 5.91 Å². The molecular formula is C31H44FN5O4S2. The minimum Gasteiger partial charge on any atom is -0.391 e. The van der Waals surface area contributed by atoms with Gasteiger partial charge in [-0.25, -0.2) is 9.37 Å². The average molecular weight is 634 g/mol. The Morgan fingerprint density at radius 3 is 2.53 bits per heavy atom. The number of rotatable bonds is 15. The minimum absolute atomic E-state index is 0.0349. The number of aliphatic hydroxyl groups excluding tert-OH is 1. The summed E-state index contributed by atoms with van der Waals surface area (Å²) in [6.07, 6.45) is 3.39. The Morgan fingerprint density at radius 2 is 1.91 bits per heavy atom. The molecule has 0 bridgehead atoms. The van der Waals surface area contributed by atoms with E-state index in [1.54, 1.807) is 23.1 Å². The molecule has 1 aliphatic carbocycles. The van der Waals surface area contributed by atoms with Gasteiger partial charge in [-0.15, -0.1) is 11.3 Å². The molecule has 1 saturated carbocycles. The number of aliphatic hydroxyl groups is 1. The molecule has 0 unspecified atom stereocenters. The first kappa shape index (κ1) is 33.4. The number of hydrogen-bond acceptors (Lipinski definition) is 8. The molecule has 236 valence electrons. The van der Waals surface area contributed by atoms with Gasteiger partial charge in [0.1, 0.15) is 12.1 Å². The fourth-order valence-electron chi connectivity index (χ4n) is 5.28. The van der Waals surface area contributed by atoms with E-state index >= 15 is 0 Å². The second kappa shape index (κ2) is 14.5. The largest absolute Gasteiger partial charge is 0.391 e. The first-order valence-corrected chi connectivity index (χ1v) is 16.9. The SMILES string of the molecule is Cc1ncsc1-c1ccc(CNC(=O)[C@@H]2C[C@@H](O)CN2C(=O)[C@@H](NC(=O)C2(F)CC2)C(C)(C)SCCCCCCN)cc1. The normalized spacial score (nSPS) is 20.1. The fourth-order valence-corrected chi connectivity index (χ4v) is 7.29. The van der Waals surface area contributed by atoms with Crippen LogP contribution in [-0.2, 0) is 20.9 Å². The van der Waals surface area contributed by atoms with Crippen LogP contribution in [0, 0.1) is 6.92 Å². The van der Waals surface area contributed by atoms with E-state index in [0.717, 1.165) is 53.1 Å². The minimum atomic E-state index is -1.95. The van der Waals surface area contributed by atoms with Gasteiger partial charge in [-0.1, -0.05) is 37.1 Å². The summed E-state index contributed by atoms with van der Waals surface area (Å²) < 4.78 is 13.9. The lowest BCUT2D eigenvalue weighted by Crippen LogP contribution is -2.61. The van der Waals surface area contributed by atoms with Crippen LogP contribution in [0.2, 0.25) is 0 Å². The molecule has 3 atom stereocenters. The highest BCUT2D eigenvalue weighted by Gasteiger charge is 2.54. The maximum absolute atomic E-state index is 14.7. The first-order chi connectivity index (χ1) is 20.4. The summed E-state index contributed by atoms with van der Waals surface area (Å²) in [4.78, 5) is 46.9. The number of nitrogens with two attached hydrogens (primary N) is 1. The van der Waals surface area contributed by atoms with E-state index in [0.29, 0.717) is 6.54 Å². The highest BCUT2D eigenvalue weighted by molar-refractivity contribution is 8.00. The van der Waals surface area contributed by atoms with Gasteiger partial charge < -0.3 is 26.4 Å². The molecule has 12 heteroatoms. The van der Waals surface area contributed by atoms with Crippen LogP contribution in [-0.4, -0.2) is 80.2 Å². The van der Waals surface area contributed by atoms with Crippen LogP contribution in [0.15, 0.2) is 29.8 Å². The maximum atomic E-state index is 14.7. The van der Waals surface area contributed by atoms with Gasteiger partial charge in [-0.3, -0.25) is 14.4 Å². The lowest BCUT2D eigenvalue weighted by Gasteiger charge is -2.37. The number of aromatic nitrogens is 1. The number of nitrogens with one attached hydrogen (secondary N) is 2. The number of thioether (sulfide) groups is 1. The number of alkyl halides is 1. The molecule has 1 aromatic heterocycles. The Balaban J connectivity index is 1.42. The van der Waals surface area contributed by atoms with Crippen LogP contribution in [0.4, 0.5) is 4.39 Å². The van der Waals surface area contributed by atoms with Gasteiger partial charge in [0, 0.05) is 24.3 Å². The number of β-amino-alcohol motifs (C(OH)–C–C–N with tert-alkyl or cyclic N) is 1. The van der Waals surface area contributed by atoms with Crippen molar-refractivity contribution in [3.05, 3.63) is 41.0 Å². The zero-order chi connectivity index (χ0) is 31.2. The predicted octanol–water partition coefficient (Wildman–Crippen LogP) is 3.71. The number of unbranched alkanes of at least 4 members (excludes halogenated alkanes) is 3. The number of benzene rings is 1. The number of carbonyl (C=O) groups excluding carboxylic acids is 3. The third-order valence-corrected chi connectivity index (χ3v) is 10.6. The van der Waals surface area contributed by atoms with Crippen molar-refractivity contribution < 1.29 is 23.9 Å². The van der Waals surface area contributed by atoms with E-state index < -0.39 is 40.4 Å². The Labute approximate surface area is 261 Å². The second-order valence-electron chi connectivity index (χ2n) is 12.1. The topological polar surface area (TPSA) is 138 Å². The van der Waals surface area contributed by atoms with Crippen molar-refractivity contribution in [3.63, 3.8) is 0 Å². The fraction of sp³-hybridized carbons (Fsp3) is 0.613. The molecule has 2 fully saturated rings. The third kappa shape index (κ3) is 8.55. The van der Waals surface area contributed by atoms with Crippen molar-refractivity contribution in [1.29, 1.82) is 0 Å². The van der Waals surface area contributed by atoms with E-state index in [-0.39, 0.29) is 38.3 Å². The van der Waals surface area contributed by atoms with Crippen molar-refractivity contribution in [2.24, 2.45) is 5.73 Å². The Morgan fingerprint density at radius 1 is 1.21 bits per heavy atom. The monoisotopic (exact) mass is 633 g/mol. The van der Waals surface area contributed by atoms with Crippen LogP contribution in [0.1, 0.15) is 70.1 Å². The molecule has 4 rings (SSSR count). The standard InChI is InChI=1S/C31H44FN5O4S2/c1-20-25(42-19-35-20)22-10-8-21(9-11-22)17-34-27(39)24-16-23(38)18-37(24)28(40)26(36-29(41)31(32)12-13-31)30(2,3)43-15-7-5-4-6-14-33/h8-11,19,23-24,26,38H,4-7,12-18,33H2,1-3H3,(H,34,39)(H,36,41)/t23-,24+,26-/m1/s1. The molecule has 2 aromatic rings. The quantitative estimate of drug-likeness (QED) is 0.220. The Kier molecular flexibility index (Phi) is 11.2. The molecule has 1 aromatic carbocycles. The van der Waals surface area contributed by atoms with Crippen LogP contribution < -0.4 is 16.4 Å². The van der Waals surface area contributed by atoms with Gasteiger partial charge in [0.05, 0.1) is 22.2 Å². The maximum Gasteiger partial charge on any atom is 0.258 e. The lowest BCUT2D eigenvalue weighted by molar-refractivity contribution is -0.143. The van der Waals surface area contributed by atoms with E-state index in [4.69, 9.17) is 5.73 Å². The smallest absolute Gasteiger partial charge is 0.258 e. The summed E-state index contributed by atoms with van der Waals surface area (Å²) in [6, 6.07) is 5.88. The molecule has 3 amide bonds. The zero-order valence-corrected chi connectivity index (χ0v) is 26.9. The summed E-state index contributed by atoms with van der Waals surface area (Å²) in [5, 5.41) is 16.1. The molecule has 0 radical (unpaired) electrons. The summed E-state index contributed by atoms with van der Waals surface area (Å²) in [5.74, 6) is -0.905. The predicted molar refractivity (Wildman–Crippen MR) is 169 cm³/mol. The highest BCUT2D eigenvalue weighted by Crippen LogP contribution is 2.41. The van der Waals surface area contributed by atoms with Crippen LogP contribution in [0.5, 0.6) is 0 Å². The summed E-state index contributed by atoms with van der Waals surface area (Å²) in [5.41, 5.74) is 8.35. The van der Waals surface area contributed by atoms with E-state index in [2.05, 4.69) is 15.6 Å². The van der Waals surface area contributed by atoms with Crippen LogP contribution in [0.3, 0.4) is 0 Å². The van der Waals surface area contributed by atoms with Crippen molar-refractivity contribution in [2.75, 3.05) is 18.8 Å². The van der Waals surface area contributed by atoms with Crippen LogP contribution >= 0.6 is 23.1 Å². The lowest BCUT2D eigenvalue weighted by atomic mass is 10.00. The van der Waals surface area contributed by atoms with E-state index in [9.17, 15) is 23.9 Å². The molecule has 5 N–H and O–H groups in total. The highest BCUT2D eigenvalue weighted by atomic mass is 32.2. The molecule has 43 heavy (non-hydrogen) atoms. The number of nitrogens with zero attached hydrogens (tertiary/aromatic N) is 2. The van der Waals surface area contributed by atoms with Gasteiger partial charge in [0.2, 0.25) is 11.8 Å². The summed E-state index contributed by atoms with van der Waals surface area (Å²) in [6.45, 7) is 6.56. The first-order valence-electron chi connectivity index (χ1n) is 15.0. The van der Waals surface area contributed by atoms with Crippen molar-refractivity contribution >= 4 is 40.8 Å². The molecule has 2 aliphatic rings. The number of aryl methyl sites for hydroxylation is 1. The molecule has 1 saturated heterocycles. The van der Waals surface area contributed by atoms with Crippen molar-refractivity contribution in [1.82, 2.24) is 20.5 Å². The van der Waals surface area contributed by atoms with Gasteiger partial charge in [-0.05, 0) is 69.9 Å². The molecule has 9 nitrogen and oxygen atoms in total.